The van der Waals surface area contributed by atoms with Crippen molar-refractivity contribution in [1.29, 1.82) is 0 Å². The maximum Gasteiger partial charge on any atom is 0.152 e. The Morgan fingerprint density at radius 3 is 2.80 bits per heavy atom. The molecule has 0 bridgehead atoms. The van der Waals surface area contributed by atoms with E-state index in [-0.39, 0.29) is 23.4 Å². The monoisotopic (exact) mass is 300 g/mol. The lowest BCUT2D eigenvalue weighted by Gasteiger charge is -2.28. The first-order chi connectivity index (χ1) is 9.44. The fourth-order valence-electron chi connectivity index (χ4n) is 2.58. The van der Waals surface area contributed by atoms with E-state index in [0.717, 1.165) is 12.2 Å². The smallest absolute Gasteiger partial charge is 0.152 e. The van der Waals surface area contributed by atoms with Crippen molar-refractivity contribution in [3.63, 3.8) is 0 Å². The van der Waals surface area contributed by atoms with Gasteiger partial charge in [-0.25, -0.2) is 12.8 Å². The molecule has 1 unspecified atom stereocenters. The summed E-state index contributed by atoms with van der Waals surface area (Å²) in [6, 6.07) is 4.89. The molecule has 0 spiro atoms. The second-order valence-corrected chi connectivity index (χ2v) is 7.41. The highest BCUT2D eigenvalue weighted by Crippen LogP contribution is 2.27. The summed E-state index contributed by atoms with van der Waals surface area (Å²) >= 11 is 0. The van der Waals surface area contributed by atoms with E-state index >= 15 is 0 Å². The summed E-state index contributed by atoms with van der Waals surface area (Å²) in [5.74, 6) is 0.122. The number of hydrogen-bond acceptors (Lipinski definition) is 4. The van der Waals surface area contributed by atoms with Gasteiger partial charge in [-0.05, 0) is 25.1 Å². The third kappa shape index (κ3) is 3.30. The molecular weight excluding hydrogens is 279 g/mol. The summed E-state index contributed by atoms with van der Waals surface area (Å²) in [5, 5.41) is 3.12. The summed E-state index contributed by atoms with van der Waals surface area (Å²) < 4.78 is 37.2. The fourth-order valence-corrected chi connectivity index (χ4v) is 4.35. The minimum atomic E-state index is -2.94. The summed E-state index contributed by atoms with van der Waals surface area (Å²) in [4.78, 5) is 1.90. The number of benzene rings is 1. The molecule has 2 rings (SSSR count). The van der Waals surface area contributed by atoms with E-state index in [9.17, 15) is 12.8 Å². The number of sulfone groups is 1. The van der Waals surface area contributed by atoms with E-state index in [4.69, 9.17) is 0 Å². The summed E-state index contributed by atoms with van der Waals surface area (Å²) in [5.41, 5.74) is 1.37. The number of nitrogens with one attached hydrogen (secondary N) is 1. The third-order valence-electron chi connectivity index (χ3n) is 3.78. The number of nitrogens with zero attached hydrogens (tertiary/aromatic N) is 1. The van der Waals surface area contributed by atoms with Gasteiger partial charge in [0.2, 0.25) is 0 Å². The van der Waals surface area contributed by atoms with Crippen LogP contribution in [-0.4, -0.2) is 39.6 Å². The van der Waals surface area contributed by atoms with Crippen molar-refractivity contribution in [3.8, 4) is 0 Å². The molecule has 1 aliphatic heterocycles. The molecule has 0 amide bonds. The molecule has 6 heteroatoms. The van der Waals surface area contributed by atoms with Gasteiger partial charge in [-0.1, -0.05) is 13.0 Å². The maximum atomic E-state index is 14.0. The Labute approximate surface area is 119 Å². The zero-order valence-electron chi connectivity index (χ0n) is 11.9. The first-order valence-electron chi connectivity index (χ1n) is 6.86. The minimum Gasteiger partial charge on any atom is -0.370 e. The van der Waals surface area contributed by atoms with Crippen molar-refractivity contribution in [3.05, 3.63) is 29.6 Å². The predicted molar refractivity (Wildman–Crippen MR) is 79.2 cm³/mol. The largest absolute Gasteiger partial charge is 0.370 e. The third-order valence-corrected chi connectivity index (χ3v) is 5.53. The molecular formula is C14H21FN2O2S. The highest BCUT2D eigenvalue weighted by Gasteiger charge is 2.31. The molecule has 1 N–H and O–H groups in total. The lowest BCUT2D eigenvalue weighted by molar-refractivity contribution is 0.588. The van der Waals surface area contributed by atoms with Gasteiger partial charge in [0.1, 0.15) is 5.82 Å². The highest BCUT2D eigenvalue weighted by atomic mass is 32.2. The number of rotatable bonds is 5. The van der Waals surface area contributed by atoms with Crippen molar-refractivity contribution in [2.24, 2.45) is 0 Å². The molecule has 4 nitrogen and oxygen atoms in total. The fraction of sp³-hybridized carbons (Fsp3) is 0.571. The van der Waals surface area contributed by atoms with Gasteiger partial charge in [0.15, 0.2) is 9.84 Å². The van der Waals surface area contributed by atoms with Gasteiger partial charge >= 0.3 is 0 Å². The van der Waals surface area contributed by atoms with E-state index in [0.29, 0.717) is 18.5 Å². The average Bonchev–Trinajstić information content (AvgIpc) is 2.76. The van der Waals surface area contributed by atoms with Gasteiger partial charge in [-0.3, -0.25) is 0 Å². The van der Waals surface area contributed by atoms with Crippen molar-refractivity contribution < 1.29 is 12.8 Å². The van der Waals surface area contributed by atoms with Crippen molar-refractivity contribution in [2.45, 2.75) is 25.9 Å². The lowest BCUT2D eigenvalue weighted by Crippen LogP contribution is -2.34. The van der Waals surface area contributed by atoms with Gasteiger partial charge in [-0.2, -0.15) is 0 Å². The highest BCUT2D eigenvalue weighted by molar-refractivity contribution is 7.91. The van der Waals surface area contributed by atoms with Crippen LogP contribution in [-0.2, 0) is 16.4 Å². The molecule has 0 aliphatic carbocycles. The zero-order valence-corrected chi connectivity index (χ0v) is 12.7. The van der Waals surface area contributed by atoms with Gasteiger partial charge in [-0.15, -0.1) is 0 Å². The van der Waals surface area contributed by atoms with Crippen LogP contribution in [0, 0.1) is 5.82 Å². The van der Waals surface area contributed by atoms with Gasteiger partial charge in [0.05, 0.1) is 11.5 Å². The summed E-state index contributed by atoms with van der Waals surface area (Å²) in [7, 11) is -1.10. The van der Waals surface area contributed by atoms with E-state index in [1.807, 2.05) is 24.9 Å². The van der Waals surface area contributed by atoms with Crippen LogP contribution in [0.5, 0.6) is 0 Å². The Hall–Kier alpha value is -1.14. The van der Waals surface area contributed by atoms with Crippen LogP contribution in [0.15, 0.2) is 18.2 Å². The summed E-state index contributed by atoms with van der Waals surface area (Å²) in [6.45, 7) is 3.17. The molecule has 1 saturated heterocycles. The van der Waals surface area contributed by atoms with Crippen LogP contribution >= 0.6 is 0 Å². The average molecular weight is 300 g/mol. The lowest BCUT2D eigenvalue weighted by atomic mass is 10.1. The van der Waals surface area contributed by atoms with Crippen molar-refractivity contribution in [2.75, 3.05) is 30.0 Å². The molecule has 0 aromatic heterocycles. The molecule has 1 fully saturated rings. The number of halogens is 1. The van der Waals surface area contributed by atoms with E-state index in [2.05, 4.69) is 5.32 Å². The van der Waals surface area contributed by atoms with Crippen LogP contribution in [0.2, 0.25) is 0 Å². The predicted octanol–water partition coefficient (Wildman–Crippen LogP) is 1.56. The maximum absolute atomic E-state index is 14.0. The molecule has 20 heavy (non-hydrogen) atoms. The molecule has 1 aromatic rings. The molecule has 1 aromatic carbocycles. The quantitative estimate of drug-likeness (QED) is 0.896. The standard InChI is InChI=1S/C14H21FN2O2S/c1-3-16-9-12-13(15)5-4-6-14(12)17(2)11-7-8-20(18,19)10-11/h4-6,11,16H,3,7-10H2,1-2H3. The minimum absolute atomic E-state index is 0.0674. The molecule has 0 saturated carbocycles. The van der Waals surface area contributed by atoms with Crippen molar-refractivity contribution >= 4 is 15.5 Å². The second-order valence-electron chi connectivity index (χ2n) is 5.19. The van der Waals surface area contributed by atoms with Crippen LogP contribution in [0.1, 0.15) is 18.9 Å². The SMILES string of the molecule is CCNCc1c(F)cccc1N(C)C1CCS(=O)(=O)C1. The van der Waals surface area contributed by atoms with Gasteiger partial charge < -0.3 is 10.2 Å². The molecule has 0 radical (unpaired) electrons. The van der Waals surface area contributed by atoms with Crippen LogP contribution in [0.3, 0.4) is 0 Å². The number of anilines is 1. The Morgan fingerprint density at radius 1 is 1.45 bits per heavy atom. The van der Waals surface area contributed by atoms with E-state index in [1.54, 1.807) is 6.07 Å². The Morgan fingerprint density at radius 2 is 2.20 bits per heavy atom. The normalized spacial score (nSPS) is 21.1. The first-order valence-corrected chi connectivity index (χ1v) is 8.68. The summed E-state index contributed by atoms with van der Waals surface area (Å²) in [6.07, 6.45) is 0.607. The second kappa shape index (κ2) is 6.10. The van der Waals surface area contributed by atoms with Gasteiger partial charge in [0.25, 0.3) is 0 Å². The van der Waals surface area contributed by atoms with Crippen LogP contribution in [0.25, 0.3) is 0 Å². The Kier molecular flexibility index (Phi) is 4.65. The van der Waals surface area contributed by atoms with Crippen molar-refractivity contribution in [1.82, 2.24) is 5.32 Å². The van der Waals surface area contributed by atoms with E-state index < -0.39 is 9.84 Å². The topological polar surface area (TPSA) is 49.4 Å². The molecule has 1 atom stereocenters. The number of hydrogen-bond donors (Lipinski definition) is 1. The van der Waals surface area contributed by atoms with Gasteiger partial charge in [0, 0.05) is 30.9 Å². The van der Waals surface area contributed by atoms with Crippen LogP contribution < -0.4 is 10.2 Å². The Balaban J connectivity index is 2.25. The Bertz CT molecular complexity index is 575. The van der Waals surface area contributed by atoms with Crippen LogP contribution in [0.4, 0.5) is 10.1 Å². The first kappa shape index (κ1) is 15.3. The molecule has 1 heterocycles. The molecule has 112 valence electrons. The zero-order chi connectivity index (χ0) is 14.8. The molecule has 1 aliphatic rings. The van der Waals surface area contributed by atoms with E-state index in [1.165, 1.54) is 6.07 Å².